The summed E-state index contributed by atoms with van der Waals surface area (Å²) in [6, 6.07) is 21.6. The first-order valence-electron chi connectivity index (χ1n) is 9.03. The zero-order chi connectivity index (χ0) is 21.8. The van der Waals surface area contributed by atoms with Crippen molar-refractivity contribution < 1.29 is 26.7 Å². The first-order chi connectivity index (χ1) is 14.2. The molecule has 0 spiro atoms. The van der Waals surface area contributed by atoms with Gasteiger partial charge in [0.2, 0.25) is 0 Å². The van der Waals surface area contributed by atoms with Crippen LogP contribution in [0.1, 0.15) is 31.6 Å². The molecule has 8 heteroatoms. The molecule has 3 rings (SSSR count). The molecule has 0 aliphatic rings. The van der Waals surface area contributed by atoms with Crippen LogP contribution in [0.3, 0.4) is 0 Å². The fourth-order valence-corrected chi connectivity index (χ4v) is 8.14. The van der Waals surface area contributed by atoms with E-state index in [4.69, 9.17) is 5.11 Å². The fourth-order valence-electron chi connectivity index (χ4n) is 3.19. The average Bonchev–Trinajstić information content (AvgIpc) is 2.68. The lowest BCUT2D eigenvalue weighted by molar-refractivity contribution is 0.0697. The van der Waals surface area contributed by atoms with Gasteiger partial charge in [-0.05, 0) is 28.8 Å². The van der Waals surface area contributed by atoms with Crippen molar-refractivity contribution in [3.63, 3.8) is 0 Å². The molecule has 30 heavy (non-hydrogen) atoms. The van der Waals surface area contributed by atoms with Gasteiger partial charge in [-0.15, -0.1) is 0 Å². The van der Waals surface area contributed by atoms with Gasteiger partial charge >= 0.3 is 5.97 Å². The van der Waals surface area contributed by atoms with Crippen LogP contribution in [-0.2, 0) is 31.2 Å². The summed E-state index contributed by atoms with van der Waals surface area (Å²) in [6.45, 7) is 0. The van der Waals surface area contributed by atoms with Crippen molar-refractivity contribution in [2.75, 3.05) is 0 Å². The van der Waals surface area contributed by atoms with Crippen molar-refractivity contribution in [1.82, 2.24) is 0 Å². The highest BCUT2D eigenvalue weighted by molar-refractivity contribution is 8.07. The fraction of sp³-hybridized carbons (Fsp3) is 0.136. The Balaban J connectivity index is 2.07. The van der Waals surface area contributed by atoms with E-state index in [1.165, 1.54) is 24.3 Å². The molecular formula is C22H20O6S2. The standard InChI is InChI=1S/C22H20O6S2/c23-21(24)19-11-13-20(14-12-19)22(29(25,26)15-17-7-3-1-4-8-17)30(27,28)16-18-9-5-2-6-10-18/h1-14,22H,15-16H2,(H,23,24). The molecule has 0 aliphatic heterocycles. The number of carboxylic acids is 1. The van der Waals surface area contributed by atoms with E-state index < -0.39 is 41.7 Å². The van der Waals surface area contributed by atoms with Crippen LogP contribution in [0.25, 0.3) is 0 Å². The molecule has 0 aliphatic carbocycles. The smallest absolute Gasteiger partial charge is 0.335 e. The molecule has 0 heterocycles. The van der Waals surface area contributed by atoms with Gasteiger partial charge in [0.25, 0.3) is 0 Å². The lowest BCUT2D eigenvalue weighted by atomic mass is 10.1. The summed E-state index contributed by atoms with van der Waals surface area (Å²) in [5.41, 5.74) is 0.907. The minimum absolute atomic E-state index is 0.0202. The summed E-state index contributed by atoms with van der Waals surface area (Å²) >= 11 is 0. The topological polar surface area (TPSA) is 106 Å². The van der Waals surface area contributed by atoms with E-state index in [1.807, 2.05) is 0 Å². The lowest BCUT2D eigenvalue weighted by Crippen LogP contribution is -2.25. The monoisotopic (exact) mass is 444 g/mol. The second-order valence-electron chi connectivity index (χ2n) is 6.84. The van der Waals surface area contributed by atoms with Crippen molar-refractivity contribution in [1.29, 1.82) is 0 Å². The van der Waals surface area contributed by atoms with Crippen LogP contribution in [0.15, 0.2) is 84.9 Å². The van der Waals surface area contributed by atoms with E-state index in [0.717, 1.165) is 0 Å². The molecule has 0 bridgehead atoms. The highest BCUT2D eigenvalue weighted by atomic mass is 32.3. The van der Waals surface area contributed by atoms with Gasteiger partial charge in [0.15, 0.2) is 24.3 Å². The summed E-state index contributed by atoms with van der Waals surface area (Å²) in [7, 11) is -8.35. The molecular weight excluding hydrogens is 424 g/mol. The number of sulfone groups is 2. The Labute approximate surface area is 175 Å². The third-order valence-electron chi connectivity index (χ3n) is 4.50. The molecule has 3 aromatic carbocycles. The van der Waals surface area contributed by atoms with Crippen LogP contribution < -0.4 is 0 Å². The van der Waals surface area contributed by atoms with Crippen molar-refractivity contribution in [3.8, 4) is 0 Å². The Morgan fingerprint density at radius 2 is 1.07 bits per heavy atom. The number of carboxylic acid groups (broad SMARTS) is 1. The highest BCUT2D eigenvalue weighted by Crippen LogP contribution is 2.34. The van der Waals surface area contributed by atoms with Gasteiger partial charge in [0, 0.05) is 0 Å². The van der Waals surface area contributed by atoms with Crippen molar-refractivity contribution in [2.24, 2.45) is 0 Å². The highest BCUT2D eigenvalue weighted by Gasteiger charge is 2.39. The Kier molecular flexibility index (Phi) is 6.38. The molecule has 0 radical (unpaired) electrons. The maximum absolute atomic E-state index is 13.3. The maximum Gasteiger partial charge on any atom is 0.335 e. The van der Waals surface area contributed by atoms with E-state index >= 15 is 0 Å². The molecule has 0 saturated carbocycles. The SMILES string of the molecule is O=C(O)c1ccc(C(S(=O)(=O)Cc2ccccc2)S(=O)(=O)Cc2ccccc2)cc1. The minimum atomic E-state index is -4.17. The molecule has 156 valence electrons. The summed E-state index contributed by atoms with van der Waals surface area (Å²) in [6.07, 6.45) is 0. The van der Waals surface area contributed by atoms with Crippen LogP contribution in [0.4, 0.5) is 0 Å². The Bertz CT molecular complexity index is 1150. The summed E-state index contributed by atoms with van der Waals surface area (Å²) in [5.74, 6) is -2.09. The minimum Gasteiger partial charge on any atom is -0.478 e. The van der Waals surface area contributed by atoms with Gasteiger partial charge in [0.1, 0.15) is 0 Å². The number of hydrogen-bond donors (Lipinski definition) is 1. The number of aromatic carboxylic acids is 1. The Morgan fingerprint density at radius 1 is 0.667 bits per heavy atom. The van der Waals surface area contributed by atoms with E-state index in [2.05, 4.69) is 0 Å². The zero-order valence-corrected chi connectivity index (χ0v) is 17.5. The van der Waals surface area contributed by atoms with Gasteiger partial charge in [-0.1, -0.05) is 72.8 Å². The molecule has 6 nitrogen and oxygen atoms in total. The van der Waals surface area contributed by atoms with Crippen LogP contribution in [0.2, 0.25) is 0 Å². The van der Waals surface area contributed by atoms with Crippen LogP contribution >= 0.6 is 0 Å². The van der Waals surface area contributed by atoms with Gasteiger partial charge in [-0.3, -0.25) is 0 Å². The Morgan fingerprint density at radius 3 is 1.43 bits per heavy atom. The predicted octanol–water partition coefficient (Wildman–Crippen LogP) is 3.61. The number of benzene rings is 3. The van der Waals surface area contributed by atoms with Crippen LogP contribution in [-0.4, -0.2) is 27.9 Å². The second kappa shape index (κ2) is 8.81. The van der Waals surface area contributed by atoms with Crippen molar-refractivity contribution >= 4 is 25.6 Å². The van der Waals surface area contributed by atoms with Gasteiger partial charge in [-0.2, -0.15) is 0 Å². The average molecular weight is 445 g/mol. The second-order valence-corrected chi connectivity index (χ2v) is 11.3. The van der Waals surface area contributed by atoms with Gasteiger partial charge in [0.05, 0.1) is 17.1 Å². The molecule has 0 fully saturated rings. The number of hydrogen-bond acceptors (Lipinski definition) is 5. The molecule has 0 saturated heterocycles. The summed E-state index contributed by atoms with van der Waals surface area (Å²) < 4.78 is 51.2. The largest absolute Gasteiger partial charge is 0.478 e. The number of rotatable bonds is 8. The lowest BCUT2D eigenvalue weighted by Gasteiger charge is -2.19. The Hall–Kier alpha value is -2.97. The molecule has 0 unspecified atom stereocenters. The van der Waals surface area contributed by atoms with Crippen molar-refractivity contribution in [2.45, 2.75) is 16.1 Å². The van der Waals surface area contributed by atoms with Gasteiger partial charge in [-0.25, -0.2) is 21.6 Å². The van der Waals surface area contributed by atoms with Gasteiger partial charge < -0.3 is 5.11 Å². The first kappa shape index (κ1) is 21.7. The van der Waals surface area contributed by atoms with Crippen LogP contribution in [0, 0.1) is 0 Å². The molecule has 0 atom stereocenters. The van der Waals surface area contributed by atoms with Crippen molar-refractivity contribution in [3.05, 3.63) is 107 Å². The summed E-state index contributed by atoms with van der Waals surface area (Å²) in [5, 5.41) is 9.09. The maximum atomic E-state index is 13.3. The molecule has 1 N–H and O–H groups in total. The van der Waals surface area contributed by atoms with E-state index in [-0.39, 0.29) is 11.1 Å². The number of carbonyl (C=O) groups is 1. The third-order valence-corrected chi connectivity index (χ3v) is 9.58. The quantitative estimate of drug-likeness (QED) is 0.569. The zero-order valence-electron chi connectivity index (χ0n) is 15.9. The normalized spacial score (nSPS) is 12.0. The molecule has 3 aromatic rings. The van der Waals surface area contributed by atoms with Crippen LogP contribution in [0.5, 0.6) is 0 Å². The first-order valence-corrected chi connectivity index (χ1v) is 12.5. The van der Waals surface area contributed by atoms with E-state index in [0.29, 0.717) is 11.1 Å². The van der Waals surface area contributed by atoms with E-state index in [9.17, 15) is 21.6 Å². The predicted molar refractivity (Wildman–Crippen MR) is 114 cm³/mol. The molecule has 0 amide bonds. The molecule has 0 aromatic heterocycles. The van der Waals surface area contributed by atoms with E-state index in [1.54, 1.807) is 60.7 Å². The summed E-state index contributed by atoms with van der Waals surface area (Å²) in [4.78, 5) is 11.1. The third kappa shape index (κ3) is 5.14.